The lowest BCUT2D eigenvalue weighted by atomic mass is 9.86. The number of hydrogen-bond acceptors (Lipinski definition) is 2. The molecular weight excluding hydrogens is 279 g/mol. The molecule has 1 aliphatic carbocycles. The lowest BCUT2D eigenvalue weighted by molar-refractivity contribution is -0.138. The Morgan fingerprint density at radius 2 is 1.90 bits per heavy atom. The van der Waals surface area contributed by atoms with Crippen LogP contribution in [0.3, 0.4) is 0 Å². The Labute approximate surface area is 123 Å². The highest BCUT2D eigenvalue weighted by atomic mass is 19.4. The van der Waals surface area contributed by atoms with Crippen molar-refractivity contribution in [2.45, 2.75) is 50.9 Å². The van der Waals surface area contributed by atoms with E-state index < -0.39 is 17.8 Å². The molecule has 0 heterocycles. The highest BCUT2D eigenvalue weighted by Crippen LogP contribution is 2.34. The van der Waals surface area contributed by atoms with Crippen LogP contribution in [0.4, 0.5) is 13.2 Å². The van der Waals surface area contributed by atoms with Gasteiger partial charge in [-0.05, 0) is 37.3 Å². The van der Waals surface area contributed by atoms with Crippen LogP contribution in [0.1, 0.15) is 49.8 Å². The Balaban J connectivity index is 2.02. The fraction of sp³-hybridized carbons (Fsp3) is 0.625. The van der Waals surface area contributed by atoms with E-state index >= 15 is 0 Å². The molecule has 0 radical (unpaired) electrons. The van der Waals surface area contributed by atoms with Gasteiger partial charge in [-0.1, -0.05) is 31.0 Å². The van der Waals surface area contributed by atoms with Crippen molar-refractivity contribution in [1.29, 1.82) is 0 Å². The van der Waals surface area contributed by atoms with E-state index in [0.29, 0.717) is 6.54 Å². The van der Waals surface area contributed by atoms with Crippen molar-refractivity contribution in [2.75, 3.05) is 6.54 Å². The van der Waals surface area contributed by atoms with Crippen molar-refractivity contribution in [1.82, 2.24) is 5.32 Å². The molecule has 5 heteroatoms. The van der Waals surface area contributed by atoms with Crippen LogP contribution in [0.2, 0.25) is 0 Å². The Morgan fingerprint density at radius 3 is 2.57 bits per heavy atom. The standard InChI is InChI=1S/C16H22F3NO/c1-11(20-10-12-6-2-5-9-15(12)21)13-7-3-4-8-14(13)16(17,18)19/h3-4,7-8,11-12,15,20-21H,2,5-6,9-10H2,1H3. The van der Waals surface area contributed by atoms with Crippen LogP contribution in [0, 0.1) is 5.92 Å². The van der Waals surface area contributed by atoms with E-state index in [9.17, 15) is 18.3 Å². The van der Waals surface area contributed by atoms with Gasteiger partial charge in [-0.3, -0.25) is 0 Å². The first kappa shape index (κ1) is 16.3. The zero-order valence-electron chi connectivity index (χ0n) is 12.2. The maximum Gasteiger partial charge on any atom is 0.416 e. The van der Waals surface area contributed by atoms with Gasteiger partial charge in [-0.25, -0.2) is 0 Å². The largest absolute Gasteiger partial charge is 0.416 e. The van der Waals surface area contributed by atoms with Gasteiger partial charge in [0, 0.05) is 12.6 Å². The molecule has 0 saturated heterocycles. The zero-order valence-corrected chi connectivity index (χ0v) is 12.2. The molecule has 1 aliphatic rings. The molecule has 0 bridgehead atoms. The normalized spacial score (nSPS) is 24.8. The number of alkyl halides is 3. The SMILES string of the molecule is CC(NCC1CCCCC1O)c1ccccc1C(F)(F)F. The fourth-order valence-electron chi connectivity index (χ4n) is 3.00. The predicted octanol–water partition coefficient (Wildman–Crippen LogP) is 3.91. The third kappa shape index (κ3) is 4.20. The molecule has 1 saturated carbocycles. The Hall–Kier alpha value is -1.07. The summed E-state index contributed by atoms with van der Waals surface area (Å²) in [5.41, 5.74) is -0.329. The van der Waals surface area contributed by atoms with Gasteiger partial charge in [0.05, 0.1) is 11.7 Å². The summed E-state index contributed by atoms with van der Waals surface area (Å²) in [4.78, 5) is 0. The molecule has 0 spiro atoms. The quantitative estimate of drug-likeness (QED) is 0.884. The van der Waals surface area contributed by atoms with E-state index in [0.717, 1.165) is 31.7 Å². The minimum atomic E-state index is -4.34. The maximum atomic E-state index is 13.0. The summed E-state index contributed by atoms with van der Waals surface area (Å²) in [5.74, 6) is 0.138. The molecule has 1 fully saturated rings. The van der Waals surface area contributed by atoms with Crippen molar-refractivity contribution < 1.29 is 18.3 Å². The van der Waals surface area contributed by atoms with Crippen LogP contribution in [0.5, 0.6) is 0 Å². The molecule has 21 heavy (non-hydrogen) atoms. The Bertz CT molecular complexity index is 461. The topological polar surface area (TPSA) is 32.3 Å². The zero-order chi connectivity index (χ0) is 15.5. The lowest BCUT2D eigenvalue weighted by Gasteiger charge is -2.29. The van der Waals surface area contributed by atoms with Crippen LogP contribution >= 0.6 is 0 Å². The Morgan fingerprint density at radius 1 is 1.24 bits per heavy atom. The van der Waals surface area contributed by atoms with E-state index in [-0.39, 0.29) is 17.6 Å². The second-order valence-corrected chi connectivity index (χ2v) is 5.83. The van der Waals surface area contributed by atoms with Crippen LogP contribution < -0.4 is 5.32 Å². The minimum absolute atomic E-state index is 0.138. The smallest absolute Gasteiger partial charge is 0.393 e. The average molecular weight is 301 g/mol. The molecule has 0 amide bonds. The summed E-state index contributed by atoms with van der Waals surface area (Å²) in [5, 5.41) is 13.1. The summed E-state index contributed by atoms with van der Waals surface area (Å²) < 4.78 is 39.0. The molecule has 0 aromatic heterocycles. The van der Waals surface area contributed by atoms with Gasteiger partial charge in [0.1, 0.15) is 0 Å². The van der Waals surface area contributed by atoms with Gasteiger partial charge in [0.25, 0.3) is 0 Å². The number of halogens is 3. The predicted molar refractivity (Wildman–Crippen MR) is 75.8 cm³/mol. The highest BCUT2D eigenvalue weighted by molar-refractivity contribution is 5.32. The van der Waals surface area contributed by atoms with Gasteiger partial charge in [0.2, 0.25) is 0 Å². The number of hydrogen-bond donors (Lipinski definition) is 2. The number of rotatable bonds is 4. The second-order valence-electron chi connectivity index (χ2n) is 5.83. The molecule has 0 aliphatic heterocycles. The third-order valence-corrected chi connectivity index (χ3v) is 4.29. The van der Waals surface area contributed by atoms with Crippen molar-refractivity contribution in [3.8, 4) is 0 Å². The second kappa shape index (κ2) is 6.79. The molecule has 118 valence electrons. The van der Waals surface area contributed by atoms with Gasteiger partial charge in [-0.2, -0.15) is 13.2 Å². The summed E-state index contributed by atoms with van der Waals surface area (Å²) in [6, 6.07) is 5.26. The molecular formula is C16H22F3NO. The van der Waals surface area contributed by atoms with E-state index in [1.807, 2.05) is 0 Å². The first-order chi connectivity index (χ1) is 9.89. The molecule has 3 unspecified atom stereocenters. The number of aliphatic hydroxyl groups excluding tert-OH is 1. The summed E-state index contributed by atoms with van der Waals surface area (Å²) in [7, 11) is 0. The van der Waals surface area contributed by atoms with Crippen molar-refractivity contribution >= 4 is 0 Å². The fourth-order valence-corrected chi connectivity index (χ4v) is 3.00. The number of aliphatic hydroxyl groups is 1. The molecule has 2 N–H and O–H groups in total. The van der Waals surface area contributed by atoms with Crippen LogP contribution in [0.25, 0.3) is 0 Å². The third-order valence-electron chi connectivity index (χ3n) is 4.29. The molecule has 2 rings (SSSR count). The van der Waals surface area contributed by atoms with Crippen molar-refractivity contribution in [3.05, 3.63) is 35.4 Å². The molecule has 3 atom stereocenters. The summed E-state index contributed by atoms with van der Waals surface area (Å²) >= 11 is 0. The molecule has 2 nitrogen and oxygen atoms in total. The van der Waals surface area contributed by atoms with Gasteiger partial charge >= 0.3 is 6.18 Å². The van der Waals surface area contributed by atoms with Crippen LogP contribution in [-0.4, -0.2) is 17.8 Å². The van der Waals surface area contributed by atoms with Crippen molar-refractivity contribution in [2.24, 2.45) is 5.92 Å². The molecule has 1 aromatic carbocycles. The van der Waals surface area contributed by atoms with Gasteiger partial charge < -0.3 is 10.4 Å². The lowest BCUT2D eigenvalue weighted by Crippen LogP contribution is -2.35. The summed E-state index contributed by atoms with van der Waals surface area (Å²) in [6.45, 7) is 2.29. The highest BCUT2D eigenvalue weighted by Gasteiger charge is 2.34. The average Bonchev–Trinajstić information content (AvgIpc) is 2.45. The monoisotopic (exact) mass is 301 g/mol. The Kier molecular flexibility index (Phi) is 5.27. The van der Waals surface area contributed by atoms with Crippen molar-refractivity contribution in [3.63, 3.8) is 0 Å². The minimum Gasteiger partial charge on any atom is -0.393 e. The van der Waals surface area contributed by atoms with E-state index in [1.165, 1.54) is 12.1 Å². The van der Waals surface area contributed by atoms with E-state index in [2.05, 4.69) is 5.32 Å². The number of nitrogens with one attached hydrogen (secondary N) is 1. The van der Waals surface area contributed by atoms with E-state index in [4.69, 9.17) is 0 Å². The van der Waals surface area contributed by atoms with Crippen LogP contribution in [-0.2, 0) is 6.18 Å². The van der Waals surface area contributed by atoms with Crippen LogP contribution in [0.15, 0.2) is 24.3 Å². The van der Waals surface area contributed by atoms with E-state index in [1.54, 1.807) is 13.0 Å². The maximum absolute atomic E-state index is 13.0. The first-order valence-corrected chi connectivity index (χ1v) is 7.47. The van der Waals surface area contributed by atoms with Gasteiger partial charge in [0.15, 0.2) is 0 Å². The first-order valence-electron chi connectivity index (χ1n) is 7.47. The summed E-state index contributed by atoms with van der Waals surface area (Å²) in [6.07, 6.45) is -0.837. The van der Waals surface area contributed by atoms with Gasteiger partial charge in [-0.15, -0.1) is 0 Å². The number of benzene rings is 1. The molecule has 1 aromatic rings.